The minimum atomic E-state index is -0.771. The molecule has 1 saturated carbocycles. The van der Waals surface area contributed by atoms with Crippen molar-refractivity contribution in [3.63, 3.8) is 0 Å². The van der Waals surface area contributed by atoms with Crippen LogP contribution in [0.1, 0.15) is 40.4 Å². The number of methoxy groups -OCH3 is 1. The molecule has 7 heteroatoms. The number of ether oxygens (including phenoxy) is 1. The van der Waals surface area contributed by atoms with Gasteiger partial charge in [0.25, 0.3) is 0 Å². The third-order valence-corrected chi connectivity index (χ3v) is 6.43. The zero-order valence-electron chi connectivity index (χ0n) is 17.2. The van der Waals surface area contributed by atoms with E-state index in [2.05, 4.69) is 34.4 Å². The Morgan fingerprint density at radius 2 is 2.04 bits per heavy atom. The summed E-state index contributed by atoms with van der Waals surface area (Å²) in [6, 6.07) is 0.647. The molecule has 2 N–H and O–H groups in total. The molecule has 1 aromatic heterocycles. The van der Waals surface area contributed by atoms with Gasteiger partial charge in [0, 0.05) is 12.7 Å². The highest BCUT2D eigenvalue weighted by Crippen LogP contribution is 2.74. The van der Waals surface area contributed by atoms with Crippen molar-refractivity contribution in [1.29, 1.82) is 0 Å². The van der Waals surface area contributed by atoms with Crippen molar-refractivity contribution in [1.82, 2.24) is 15.3 Å². The Bertz CT molecular complexity index is 771. The predicted octanol–water partition coefficient (Wildman–Crippen LogP) is 1.97. The van der Waals surface area contributed by atoms with Gasteiger partial charge in [-0.1, -0.05) is 34.6 Å². The summed E-state index contributed by atoms with van der Waals surface area (Å²) in [5.74, 6) is 1.03. The van der Waals surface area contributed by atoms with Gasteiger partial charge in [0.1, 0.15) is 17.7 Å². The summed E-state index contributed by atoms with van der Waals surface area (Å²) >= 11 is 0. The summed E-state index contributed by atoms with van der Waals surface area (Å²) in [7, 11) is 1.37. The molecular weight excluding hydrogens is 344 g/mol. The van der Waals surface area contributed by atoms with Crippen molar-refractivity contribution in [2.45, 2.75) is 53.6 Å². The van der Waals surface area contributed by atoms with Crippen LogP contribution in [-0.2, 0) is 14.3 Å². The monoisotopic (exact) mass is 374 g/mol. The number of carbonyl (C=O) groups is 2. The third kappa shape index (κ3) is 2.83. The van der Waals surface area contributed by atoms with Crippen LogP contribution in [0.4, 0.5) is 5.82 Å². The Balaban J connectivity index is 1.99. The largest absolute Gasteiger partial charge is 0.468 e. The molecule has 2 aliphatic rings. The van der Waals surface area contributed by atoms with Crippen molar-refractivity contribution in [3.8, 4) is 0 Å². The maximum atomic E-state index is 13.9. The summed E-state index contributed by atoms with van der Waals surface area (Å²) in [4.78, 5) is 34.9. The van der Waals surface area contributed by atoms with Gasteiger partial charge >= 0.3 is 5.97 Å². The normalized spacial score (nSPS) is 29.6. The number of carbonyl (C=O) groups excluding carboxylic acids is 2. The van der Waals surface area contributed by atoms with Crippen LogP contribution in [0.2, 0.25) is 0 Å². The molecule has 27 heavy (non-hydrogen) atoms. The lowest BCUT2D eigenvalue weighted by molar-refractivity contribution is -0.148. The molecule has 2 fully saturated rings. The van der Waals surface area contributed by atoms with Crippen molar-refractivity contribution >= 4 is 17.6 Å². The number of fused-ring (bicyclic) bond motifs is 1. The van der Waals surface area contributed by atoms with Gasteiger partial charge in [0.05, 0.1) is 18.6 Å². The van der Waals surface area contributed by atoms with Gasteiger partial charge in [-0.3, -0.25) is 9.59 Å². The first-order valence-electron chi connectivity index (χ1n) is 9.39. The van der Waals surface area contributed by atoms with Crippen LogP contribution in [0.5, 0.6) is 0 Å². The average Bonchev–Trinajstić information content (AvgIpc) is 2.91. The zero-order chi connectivity index (χ0) is 20.2. The molecule has 0 radical (unpaired) electrons. The highest BCUT2D eigenvalue weighted by molar-refractivity contribution is 6.02. The number of nitrogens with one attached hydrogen (secondary N) is 2. The lowest BCUT2D eigenvalue weighted by atomic mass is 9.74. The minimum absolute atomic E-state index is 0.0432. The van der Waals surface area contributed by atoms with Crippen LogP contribution in [0.3, 0.4) is 0 Å². The van der Waals surface area contributed by atoms with Crippen LogP contribution < -0.4 is 10.6 Å². The molecule has 7 nitrogen and oxygen atoms in total. The number of esters is 1. The second-order valence-electron chi connectivity index (χ2n) is 9.30. The molecule has 1 aliphatic heterocycles. The van der Waals surface area contributed by atoms with E-state index in [0.717, 1.165) is 0 Å². The van der Waals surface area contributed by atoms with Crippen molar-refractivity contribution in [3.05, 3.63) is 18.1 Å². The summed E-state index contributed by atoms with van der Waals surface area (Å²) in [5, 5.41) is 6.54. The van der Waals surface area contributed by atoms with E-state index in [4.69, 9.17) is 4.74 Å². The lowest BCUT2D eigenvalue weighted by Gasteiger charge is -2.36. The van der Waals surface area contributed by atoms with Crippen LogP contribution in [0.15, 0.2) is 12.3 Å². The number of nitrogens with zero attached hydrogens (tertiary/aromatic N) is 2. The molecule has 148 valence electrons. The number of Topliss-reactive ketones (excluding diaryl/α,β-unsaturated/α-hetero) is 1. The number of aryl methyl sites for hydroxylation is 1. The summed E-state index contributed by atoms with van der Waals surface area (Å²) in [6.07, 6.45) is 1.67. The van der Waals surface area contributed by atoms with Gasteiger partial charge in [-0.2, -0.15) is 0 Å². The number of piperidine rings is 1. The number of anilines is 1. The van der Waals surface area contributed by atoms with E-state index in [9.17, 15) is 9.59 Å². The molecule has 1 aliphatic carbocycles. The van der Waals surface area contributed by atoms with E-state index in [1.165, 1.54) is 7.11 Å². The van der Waals surface area contributed by atoms with Crippen molar-refractivity contribution in [2.75, 3.05) is 19.0 Å². The number of hydrogen-bond acceptors (Lipinski definition) is 7. The Morgan fingerprint density at radius 1 is 1.37 bits per heavy atom. The summed E-state index contributed by atoms with van der Waals surface area (Å²) in [5.41, 5.74) is -1.40. The fraction of sp³-hybridized carbons (Fsp3) is 0.700. The smallest absolute Gasteiger partial charge is 0.323 e. The fourth-order valence-corrected chi connectivity index (χ4v) is 4.91. The first kappa shape index (κ1) is 19.7. The molecule has 0 amide bonds. The van der Waals surface area contributed by atoms with Gasteiger partial charge in [0.2, 0.25) is 0 Å². The molecule has 2 heterocycles. The molecule has 4 unspecified atom stereocenters. The SMILES string of the molecule is COC(=O)C1NCC2C(C)(C)C12C(=O)C(Nc1ccnc(C)n1)C(C)(C)C. The minimum Gasteiger partial charge on any atom is -0.468 e. The van der Waals surface area contributed by atoms with Gasteiger partial charge in [0.15, 0.2) is 5.78 Å². The third-order valence-electron chi connectivity index (χ3n) is 6.43. The molecule has 0 aromatic carbocycles. The van der Waals surface area contributed by atoms with Crippen LogP contribution in [0, 0.1) is 29.1 Å². The summed E-state index contributed by atoms with van der Waals surface area (Å²) < 4.78 is 5.00. The molecule has 0 bridgehead atoms. The Hall–Kier alpha value is -2.02. The molecule has 3 rings (SSSR count). The predicted molar refractivity (Wildman–Crippen MR) is 102 cm³/mol. The van der Waals surface area contributed by atoms with Gasteiger partial charge < -0.3 is 15.4 Å². The van der Waals surface area contributed by atoms with E-state index >= 15 is 0 Å². The highest BCUT2D eigenvalue weighted by Gasteiger charge is 2.82. The van der Waals surface area contributed by atoms with Gasteiger partial charge in [-0.25, -0.2) is 9.97 Å². The van der Waals surface area contributed by atoms with E-state index in [1.54, 1.807) is 12.3 Å². The molecule has 1 aromatic rings. The lowest BCUT2D eigenvalue weighted by Crippen LogP contribution is -2.54. The van der Waals surface area contributed by atoms with Crippen LogP contribution in [-0.4, -0.2) is 47.5 Å². The van der Waals surface area contributed by atoms with Crippen LogP contribution in [0.25, 0.3) is 0 Å². The number of ketones is 1. The first-order chi connectivity index (χ1) is 12.5. The van der Waals surface area contributed by atoms with E-state index < -0.39 is 17.5 Å². The number of rotatable bonds is 5. The highest BCUT2D eigenvalue weighted by atomic mass is 16.5. The van der Waals surface area contributed by atoms with E-state index in [0.29, 0.717) is 18.2 Å². The molecule has 1 saturated heterocycles. The van der Waals surface area contributed by atoms with Crippen LogP contribution >= 0.6 is 0 Å². The fourth-order valence-electron chi connectivity index (χ4n) is 4.91. The second-order valence-corrected chi connectivity index (χ2v) is 9.30. The Kier molecular flexibility index (Phi) is 4.57. The van der Waals surface area contributed by atoms with Crippen molar-refractivity contribution < 1.29 is 14.3 Å². The molecule has 0 spiro atoms. The zero-order valence-corrected chi connectivity index (χ0v) is 17.2. The Labute approximate surface area is 160 Å². The van der Waals surface area contributed by atoms with E-state index in [1.807, 2.05) is 27.7 Å². The number of aromatic nitrogens is 2. The van der Waals surface area contributed by atoms with Crippen molar-refractivity contribution in [2.24, 2.45) is 22.2 Å². The quantitative estimate of drug-likeness (QED) is 0.761. The summed E-state index contributed by atoms with van der Waals surface area (Å²) in [6.45, 7) is 12.7. The van der Waals surface area contributed by atoms with Gasteiger partial charge in [-0.15, -0.1) is 0 Å². The Morgan fingerprint density at radius 3 is 2.56 bits per heavy atom. The second kappa shape index (κ2) is 6.26. The maximum absolute atomic E-state index is 13.9. The average molecular weight is 374 g/mol. The molecular formula is C20H30N4O3. The molecule has 4 atom stereocenters. The maximum Gasteiger partial charge on any atom is 0.323 e. The van der Waals surface area contributed by atoms with Gasteiger partial charge in [-0.05, 0) is 29.7 Å². The standard InChI is InChI=1S/C20H30N4O3/c1-11-21-9-8-13(23-11)24-14(18(2,3)4)16(25)20-12(19(20,5)6)10-22-15(20)17(26)27-7/h8-9,12,14-15,22H,10H2,1-7H3,(H,21,23,24). The first-order valence-corrected chi connectivity index (χ1v) is 9.39. The number of hydrogen-bond donors (Lipinski definition) is 2. The van der Waals surface area contributed by atoms with E-state index in [-0.39, 0.29) is 28.5 Å². The topological polar surface area (TPSA) is 93.2 Å².